The number of nitrogens with zero attached hydrogens (tertiary/aromatic N) is 2. The molecule has 4 N–H and O–H groups in total. The topological polar surface area (TPSA) is 174 Å². The normalized spacial score (nSPS) is 19.6. The molecule has 0 saturated carbocycles. The number of hydrogen-bond acceptors (Lipinski definition) is 8. The number of fused-ring (bicyclic) bond motifs is 1. The van der Waals surface area contributed by atoms with Crippen molar-refractivity contribution >= 4 is 50.9 Å². The molecule has 1 fully saturated rings. The summed E-state index contributed by atoms with van der Waals surface area (Å²) < 4.78 is 27.6. The van der Waals surface area contributed by atoms with E-state index in [1.165, 1.54) is 26.6 Å². The number of rotatable bonds is 13. The lowest BCUT2D eigenvalue weighted by molar-refractivity contribution is -0.143. The lowest BCUT2D eigenvalue weighted by Crippen LogP contribution is -2.61. The van der Waals surface area contributed by atoms with Crippen LogP contribution in [0.25, 0.3) is 0 Å². The highest BCUT2D eigenvalue weighted by molar-refractivity contribution is 7.89. The summed E-state index contributed by atoms with van der Waals surface area (Å²) in [5.41, 5.74) is -1.29. The van der Waals surface area contributed by atoms with Crippen molar-refractivity contribution in [3.63, 3.8) is 0 Å². The standard InChI is InChI=1S/C32H50N6O7S2/c1-9-12-20(25(39)28(41)33-15-10-2)34-27(40)21-13-11-16-38(21)29(42)26(32(6,7)8)36-30(43)35-24(31(3,4)5)19-37-18-22-23(14-17-46-22)47(37,44)45/h10,14,17,20-21,24,26H,2,9,11-13,15-16,18-19H2,1,3-8H3,(H,33,41)(H,34,40)(H2,35,36,43)/t20?,21-,24+,26+/m0/s1. The van der Waals surface area contributed by atoms with E-state index in [0.717, 1.165) is 4.88 Å². The fourth-order valence-electron chi connectivity index (χ4n) is 5.64. The van der Waals surface area contributed by atoms with Crippen LogP contribution in [-0.4, -0.2) is 91.0 Å². The molecule has 1 saturated heterocycles. The average molecular weight is 695 g/mol. The van der Waals surface area contributed by atoms with Gasteiger partial charge in [0.2, 0.25) is 27.6 Å². The van der Waals surface area contributed by atoms with Crippen LogP contribution in [0.4, 0.5) is 4.79 Å². The van der Waals surface area contributed by atoms with Crippen molar-refractivity contribution < 1.29 is 32.4 Å². The molecule has 4 atom stereocenters. The summed E-state index contributed by atoms with van der Waals surface area (Å²) in [5.74, 6) is -2.58. The molecule has 2 aliphatic rings. The summed E-state index contributed by atoms with van der Waals surface area (Å²) in [5, 5.41) is 12.6. The van der Waals surface area contributed by atoms with Crippen LogP contribution >= 0.6 is 11.3 Å². The van der Waals surface area contributed by atoms with Gasteiger partial charge in [0, 0.05) is 37.1 Å². The second-order valence-electron chi connectivity index (χ2n) is 14.2. The SMILES string of the molecule is C=CCNC(=O)C(=O)C(CCC)NC(=O)[C@@H]1CCCN1C(=O)[C@@H](NC(=O)N[C@H](CN1Cc2sccc2S1(=O)=O)C(C)(C)C)C(C)(C)C. The number of nitrogens with one attached hydrogen (secondary N) is 4. The second kappa shape index (κ2) is 15.3. The van der Waals surface area contributed by atoms with Gasteiger partial charge in [-0.2, -0.15) is 4.31 Å². The molecule has 0 aliphatic carbocycles. The summed E-state index contributed by atoms with van der Waals surface area (Å²) in [6, 6.07) is -2.60. The molecule has 47 heavy (non-hydrogen) atoms. The van der Waals surface area contributed by atoms with Crippen LogP contribution in [0, 0.1) is 10.8 Å². The van der Waals surface area contributed by atoms with E-state index in [1.54, 1.807) is 32.2 Å². The van der Waals surface area contributed by atoms with E-state index in [9.17, 15) is 32.4 Å². The molecular formula is C32H50N6O7S2. The minimum atomic E-state index is -3.68. The summed E-state index contributed by atoms with van der Waals surface area (Å²) in [6.45, 7) is 17.1. The molecule has 0 aromatic carbocycles. The highest BCUT2D eigenvalue weighted by atomic mass is 32.2. The number of thiophene rings is 1. The Balaban J connectivity index is 1.73. The van der Waals surface area contributed by atoms with Crippen molar-refractivity contribution in [1.82, 2.24) is 30.5 Å². The Kier molecular flexibility index (Phi) is 12.4. The van der Waals surface area contributed by atoms with E-state index in [2.05, 4.69) is 27.8 Å². The molecule has 1 unspecified atom stereocenters. The number of carbonyl (C=O) groups is 5. The van der Waals surface area contributed by atoms with Crippen LogP contribution in [0.1, 0.15) is 79.0 Å². The molecule has 262 valence electrons. The summed E-state index contributed by atoms with van der Waals surface area (Å²) >= 11 is 1.38. The van der Waals surface area contributed by atoms with E-state index < -0.39 is 74.6 Å². The monoisotopic (exact) mass is 694 g/mol. The first kappa shape index (κ1) is 38.2. The Morgan fingerprint density at radius 3 is 2.32 bits per heavy atom. The molecule has 0 spiro atoms. The number of hydrogen-bond donors (Lipinski definition) is 4. The molecule has 1 aromatic rings. The lowest BCUT2D eigenvalue weighted by atomic mass is 9.85. The van der Waals surface area contributed by atoms with Crippen LogP contribution in [0.2, 0.25) is 0 Å². The predicted octanol–water partition coefficient (Wildman–Crippen LogP) is 2.53. The highest BCUT2D eigenvalue weighted by Crippen LogP contribution is 2.35. The molecule has 3 rings (SSSR count). The van der Waals surface area contributed by atoms with Crippen molar-refractivity contribution in [1.29, 1.82) is 0 Å². The third-order valence-corrected chi connectivity index (χ3v) is 11.4. The zero-order valence-electron chi connectivity index (χ0n) is 28.5. The Labute approximate surface area is 282 Å². The van der Waals surface area contributed by atoms with Gasteiger partial charge in [0.05, 0.1) is 10.9 Å². The van der Waals surface area contributed by atoms with Crippen LogP contribution in [-0.2, 0) is 35.7 Å². The summed E-state index contributed by atoms with van der Waals surface area (Å²) in [6.07, 6.45) is 3.14. The zero-order valence-corrected chi connectivity index (χ0v) is 30.1. The van der Waals surface area contributed by atoms with Gasteiger partial charge in [-0.3, -0.25) is 19.2 Å². The van der Waals surface area contributed by atoms with Gasteiger partial charge in [0.15, 0.2) is 0 Å². The smallest absolute Gasteiger partial charge is 0.315 e. The number of Topliss-reactive ketones (excluding diaryl/α,β-unsaturated/α-hetero) is 1. The molecule has 0 radical (unpaired) electrons. The van der Waals surface area contributed by atoms with Crippen molar-refractivity contribution in [2.75, 3.05) is 19.6 Å². The summed E-state index contributed by atoms with van der Waals surface area (Å²) in [7, 11) is -3.68. The predicted molar refractivity (Wildman–Crippen MR) is 180 cm³/mol. The van der Waals surface area contributed by atoms with Gasteiger partial charge in [-0.05, 0) is 41.5 Å². The number of urea groups is 1. The number of sulfonamides is 1. The van der Waals surface area contributed by atoms with Crippen LogP contribution < -0.4 is 21.3 Å². The first-order valence-electron chi connectivity index (χ1n) is 16.0. The van der Waals surface area contributed by atoms with Crippen molar-refractivity contribution in [2.45, 2.75) is 110 Å². The molecular weight excluding hydrogens is 645 g/mol. The minimum absolute atomic E-state index is 0.0480. The van der Waals surface area contributed by atoms with Crippen molar-refractivity contribution in [2.24, 2.45) is 10.8 Å². The van der Waals surface area contributed by atoms with E-state index in [0.29, 0.717) is 24.2 Å². The van der Waals surface area contributed by atoms with Gasteiger partial charge >= 0.3 is 6.03 Å². The second-order valence-corrected chi connectivity index (χ2v) is 17.2. The average Bonchev–Trinajstić information content (AvgIpc) is 3.70. The first-order valence-corrected chi connectivity index (χ1v) is 18.3. The maximum absolute atomic E-state index is 14.0. The van der Waals surface area contributed by atoms with Gasteiger partial charge < -0.3 is 26.2 Å². The van der Waals surface area contributed by atoms with Gasteiger partial charge in [0.1, 0.15) is 12.1 Å². The maximum atomic E-state index is 14.0. The van der Waals surface area contributed by atoms with Crippen LogP contribution in [0.5, 0.6) is 0 Å². The molecule has 15 heteroatoms. The highest BCUT2D eigenvalue weighted by Gasteiger charge is 2.44. The first-order chi connectivity index (χ1) is 21.8. The largest absolute Gasteiger partial charge is 0.346 e. The molecule has 5 amide bonds. The molecule has 2 aliphatic heterocycles. The Hall–Kier alpha value is -3.30. The molecule has 3 heterocycles. The van der Waals surface area contributed by atoms with Gasteiger partial charge in [-0.15, -0.1) is 17.9 Å². The van der Waals surface area contributed by atoms with E-state index >= 15 is 0 Å². The van der Waals surface area contributed by atoms with Gasteiger partial charge in [-0.25, -0.2) is 13.2 Å². The Morgan fingerprint density at radius 2 is 1.74 bits per heavy atom. The van der Waals surface area contributed by atoms with Crippen molar-refractivity contribution in [3.05, 3.63) is 29.0 Å². The minimum Gasteiger partial charge on any atom is -0.346 e. The molecule has 13 nitrogen and oxygen atoms in total. The maximum Gasteiger partial charge on any atom is 0.315 e. The lowest BCUT2D eigenvalue weighted by Gasteiger charge is -2.37. The number of likely N-dealkylation sites (tertiary alicyclic amines) is 1. The van der Waals surface area contributed by atoms with Crippen LogP contribution in [0.15, 0.2) is 29.0 Å². The fourth-order valence-corrected chi connectivity index (χ4v) is 8.57. The van der Waals surface area contributed by atoms with Crippen molar-refractivity contribution in [3.8, 4) is 0 Å². The molecule has 1 aromatic heterocycles. The number of amides is 5. The van der Waals surface area contributed by atoms with E-state index in [-0.39, 0.29) is 32.6 Å². The van der Waals surface area contributed by atoms with Gasteiger partial charge in [0.25, 0.3) is 5.91 Å². The molecule has 0 bridgehead atoms. The van der Waals surface area contributed by atoms with Crippen LogP contribution in [0.3, 0.4) is 0 Å². The third kappa shape index (κ3) is 9.20. The summed E-state index contributed by atoms with van der Waals surface area (Å²) in [4.78, 5) is 68.6. The fraction of sp³-hybridized carbons (Fsp3) is 0.656. The number of carbonyl (C=O) groups excluding carboxylic acids is 5. The van der Waals surface area contributed by atoms with E-state index in [4.69, 9.17) is 0 Å². The zero-order chi connectivity index (χ0) is 35.3. The number of ketones is 1. The third-order valence-electron chi connectivity index (χ3n) is 8.45. The van der Waals surface area contributed by atoms with E-state index in [1.807, 2.05) is 27.7 Å². The Morgan fingerprint density at radius 1 is 1.06 bits per heavy atom. The van der Waals surface area contributed by atoms with Gasteiger partial charge in [-0.1, -0.05) is 61.0 Å². The quantitative estimate of drug-likeness (QED) is 0.181. The Bertz CT molecular complexity index is 1460.